The summed E-state index contributed by atoms with van der Waals surface area (Å²) in [4.78, 5) is 12.3. The highest BCUT2D eigenvalue weighted by molar-refractivity contribution is 6.03. The van der Waals surface area contributed by atoms with Crippen LogP contribution in [0.2, 0.25) is 0 Å². The number of carbonyl (C=O) groups excluding carboxylic acids is 1. The lowest BCUT2D eigenvalue weighted by Crippen LogP contribution is -2.16. The van der Waals surface area contributed by atoms with Crippen LogP contribution in [0.15, 0.2) is 30.3 Å². The van der Waals surface area contributed by atoms with Crippen molar-refractivity contribution in [3.8, 4) is 11.8 Å². The lowest BCUT2D eigenvalue weighted by Gasteiger charge is -2.07. The molecule has 0 fully saturated rings. The molecule has 5 nitrogen and oxygen atoms in total. The van der Waals surface area contributed by atoms with Crippen molar-refractivity contribution in [3.05, 3.63) is 47.3 Å². The number of aromatic nitrogens is 2. The molecule has 0 atom stereocenters. The minimum atomic E-state index is -0.202. The lowest BCUT2D eigenvalue weighted by atomic mass is 10.1. The molecule has 0 spiro atoms. The van der Waals surface area contributed by atoms with Gasteiger partial charge in [-0.2, -0.15) is 5.10 Å². The van der Waals surface area contributed by atoms with Crippen LogP contribution < -0.4 is 11.1 Å². The average Bonchev–Trinajstić information content (AvgIpc) is 2.87. The predicted octanol–water partition coefficient (Wildman–Crippen LogP) is 1.54. The smallest absolute Gasteiger partial charge is 0.273 e. The van der Waals surface area contributed by atoms with Crippen LogP contribution in [-0.2, 0) is 13.5 Å². The van der Waals surface area contributed by atoms with E-state index in [1.165, 1.54) is 0 Å². The Morgan fingerprint density at radius 3 is 2.86 bits per heavy atom. The molecule has 2 aromatic rings. The van der Waals surface area contributed by atoms with Crippen LogP contribution in [0.1, 0.15) is 28.7 Å². The van der Waals surface area contributed by atoms with Gasteiger partial charge in [-0.3, -0.25) is 9.48 Å². The molecule has 0 aliphatic carbocycles. The number of nitrogens with two attached hydrogens (primary N) is 1. The number of anilines is 1. The van der Waals surface area contributed by atoms with Crippen molar-refractivity contribution in [2.45, 2.75) is 13.3 Å². The van der Waals surface area contributed by atoms with E-state index in [1.807, 2.05) is 31.2 Å². The van der Waals surface area contributed by atoms with Crippen LogP contribution in [0.5, 0.6) is 0 Å². The minimum absolute atomic E-state index is 0.202. The van der Waals surface area contributed by atoms with Crippen molar-refractivity contribution in [1.82, 2.24) is 9.78 Å². The van der Waals surface area contributed by atoms with Crippen LogP contribution >= 0.6 is 0 Å². The summed E-state index contributed by atoms with van der Waals surface area (Å²) in [6, 6.07) is 9.18. The summed E-state index contributed by atoms with van der Waals surface area (Å²) in [6.07, 6.45) is 0.791. The van der Waals surface area contributed by atoms with Gasteiger partial charge in [0.15, 0.2) is 0 Å². The van der Waals surface area contributed by atoms with Gasteiger partial charge in [-0.25, -0.2) is 0 Å². The van der Waals surface area contributed by atoms with Gasteiger partial charge in [0, 0.05) is 12.6 Å². The monoisotopic (exact) mass is 282 g/mol. The molecular weight excluding hydrogens is 264 g/mol. The zero-order valence-corrected chi connectivity index (χ0v) is 12.2. The fraction of sp³-hybridized carbons (Fsp3) is 0.250. The van der Waals surface area contributed by atoms with Crippen LogP contribution in [0.3, 0.4) is 0 Å². The van der Waals surface area contributed by atoms with E-state index in [-0.39, 0.29) is 12.5 Å². The highest BCUT2D eigenvalue weighted by Gasteiger charge is 2.13. The molecule has 0 aliphatic rings. The Kier molecular flexibility index (Phi) is 4.75. The number of carbonyl (C=O) groups is 1. The number of nitrogens with one attached hydrogen (secondary N) is 1. The third-order valence-electron chi connectivity index (χ3n) is 3.03. The highest BCUT2D eigenvalue weighted by Crippen LogP contribution is 2.15. The predicted molar refractivity (Wildman–Crippen MR) is 82.9 cm³/mol. The van der Waals surface area contributed by atoms with Crippen LogP contribution in [0, 0.1) is 11.8 Å². The Balaban J connectivity index is 2.25. The summed E-state index contributed by atoms with van der Waals surface area (Å²) in [7, 11) is 1.76. The molecule has 0 saturated carbocycles. The largest absolute Gasteiger partial charge is 0.320 e. The van der Waals surface area contributed by atoms with Crippen LogP contribution in [-0.4, -0.2) is 22.2 Å². The van der Waals surface area contributed by atoms with Crippen molar-refractivity contribution >= 4 is 11.6 Å². The first-order chi connectivity index (χ1) is 10.2. The van der Waals surface area contributed by atoms with Gasteiger partial charge < -0.3 is 11.1 Å². The Morgan fingerprint density at radius 1 is 1.43 bits per heavy atom. The Bertz CT molecular complexity index is 707. The lowest BCUT2D eigenvalue weighted by molar-refractivity contribution is 0.101. The summed E-state index contributed by atoms with van der Waals surface area (Å²) >= 11 is 0. The van der Waals surface area contributed by atoms with E-state index in [0.717, 1.165) is 17.7 Å². The Morgan fingerprint density at radius 2 is 2.19 bits per heavy atom. The van der Waals surface area contributed by atoms with Crippen LogP contribution in [0.4, 0.5) is 5.69 Å². The van der Waals surface area contributed by atoms with Crippen molar-refractivity contribution in [2.75, 3.05) is 11.9 Å². The molecule has 3 N–H and O–H groups in total. The zero-order chi connectivity index (χ0) is 15.2. The van der Waals surface area contributed by atoms with Gasteiger partial charge in [-0.1, -0.05) is 30.9 Å². The standard InChI is InChI=1S/C16H18N4O/c1-3-13-11-15(20(2)19-13)16(21)18-14-9-5-4-7-12(14)8-6-10-17/h4-5,7,9,11H,3,10,17H2,1-2H3,(H,18,21). The van der Waals surface area contributed by atoms with E-state index in [4.69, 9.17) is 5.73 Å². The first-order valence-electron chi connectivity index (χ1n) is 6.78. The van der Waals surface area contributed by atoms with Crippen LogP contribution in [0.25, 0.3) is 0 Å². The number of aryl methyl sites for hydroxylation is 2. The van der Waals surface area contributed by atoms with Crippen molar-refractivity contribution < 1.29 is 4.79 Å². The summed E-state index contributed by atoms with van der Waals surface area (Å²) < 4.78 is 1.59. The van der Waals surface area contributed by atoms with Gasteiger partial charge >= 0.3 is 0 Å². The second-order valence-corrected chi connectivity index (χ2v) is 4.50. The highest BCUT2D eigenvalue weighted by atomic mass is 16.2. The molecule has 5 heteroatoms. The summed E-state index contributed by atoms with van der Waals surface area (Å²) in [5.74, 6) is 5.54. The van der Waals surface area contributed by atoms with E-state index >= 15 is 0 Å². The fourth-order valence-electron chi connectivity index (χ4n) is 1.95. The number of para-hydroxylation sites is 1. The molecule has 21 heavy (non-hydrogen) atoms. The second-order valence-electron chi connectivity index (χ2n) is 4.50. The maximum absolute atomic E-state index is 12.3. The SMILES string of the molecule is CCc1cc(C(=O)Nc2ccccc2C#CCN)n(C)n1. The van der Waals surface area contributed by atoms with Gasteiger partial charge in [-0.05, 0) is 24.6 Å². The molecule has 1 amide bonds. The first kappa shape index (κ1) is 14.8. The molecule has 1 aromatic heterocycles. The summed E-state index contributed by atoms with van der Waals surface area (Å²) in [6.45, 7) is 2.28. The van der Waals surface area contributed by atoms with E-state index < -0.39 is 0 Å². The number of amides is 1. The maximum atomic E-state index is 12.3. The van der Waals surface area contributed by atoms with Gasteiger partial charge in [0.2, 0.25) is 0 Å². The molecule has 0 radical (unpaired) electrons. The molecule has 1 aromatic carbocycles. The minimum Gasteiger partial charge on any atom is -0.320 e. The topological polar surface area (TPSA) is 72.9 Å². The quantitative estimate of drug-likeness (QED) is 0.839. The Labute approximate surface area is 124 Å². The molecule has 108 valence electrons. The zero-order valence-electron chi connectivity index (χ0n) is 12.2. The van der Waals surface area contributed by atoms with Crippen molar-refractivity contribution in [1.29, 1.82) is 0 Å². The van der Waals surface area contributed by atoms with Gasteiger partial charge in [0.25, 0.3) is 5.91 Å². The maximum Gasteiger partial charge on any atom is 0.273 e. The number of nitrogens with zero attached hydrogens (tertiary/aromatic N) is 2. The third-order valence-corrected chi connectivity index (χ3v) is 3.03. The third kappa shape index (κ3) is 3.50. The molecule has 1 heterocycles. The van der Waals surface area contributed by atoms with Gasteiger partial charge in [0.05, 0.1) is 17.9 Å². The normalized spacial score (nSPS) is 9.86. The fourth-order valence-corrected chi connectivity index (χ4v) is 1.95. The average molecular weight is 282 g/mol. The van der Waals surface area contributed by atoms with E-state index in [9.17, 15) is 4.79 Å². The number of hydrogen-bond donors (Lipinski definition) is 2. The molecule has 0 saturated heterocycles. The number of benzene rings is 1. The second kappa shape index (κ2) is 6.73. The van der Waals surface area contributed by atoms with Gasteiger partial charge in [-0.15, -0.1) is 0 Å². The van der Waals surface area contributed by atoms with Crippen molar-refractivity contribution in [3.63, 3.8) is 0 Å². The van der Waals surface area contributed by atoms with E-state index in [0.29, 0.717) is 11.4 Å². The molecule has 0 bridgehead atoms. The molecular formula is C16H18N4O. The molecule has 0 aliphatic heterocycles. The molecule has 2 rings (SSSR count). The molecule has 0 unspecified atom stereocenters. The summed E-state index contributed by atoms with van der Waals surface area (Å²) in [5, 5.41) is 7.15. The number of rotatable bonds is 3. The van der Waals surface area contributed by atoms with E-state index in [2.05, 4.69) is 22.3 Å². The van der Waals surface area contributed by atoms with Crippen molar-refractivity contribution in [2.24, 2.45) is 12.8 Å². The summed E-state index contributed by atoms with van der Waals surface area (Å²) in [5.41, 5.74) is 8.21. The van der Waals surface area contributed by atoms with Gasteiger partial charge in [0.1, 0.15) is 5.69 Å². The first-order valence-corrected chi connectivity index (χ1v) is 6.78. The van der Waals surface area contributed by atoms with E-state index in [1.54, 1.807) is 17.8 Å². The number of hydrogen-bond acceptors (Lipinski definition) is 3. The Hall–Kier alpha value is -2.58.